The van der Waals surface area contributed by atoms with E-state index in [0.717, 1.165) is 42.8 Å². The maximum absolute atomic E-state index is 6.44. The van der Waals surface area contributed by atoms with E-state index < -0.39 is 0 Å². The minimum atomic E-state index is 0.299. The van der Waals surface area contributed by atoms with Gasteiger partial charge in [0, 0.05) is 25.2 Å². The van der Waals surface area contributed by atoms with E-state index in [1.165, 1.54) is 37.8 Å². The summed E-state index contributed by atoms with van der Waals surface area (Å²) < 4.78 is 10.8. The predicted octanol–water partition coefficient (Wildman–Crippen LogP) is 3.47. The van der Waals surface area contributed by atoms with E-state index in [0.29, 0.717) is 12.0 Å². The first-order valence-electron chi connectivity index (χ1n) is 9.85. The van der Waals surface area contributed by atoms with Gasteiger partial charge in [-0.2, -0.15) is 0 Å². The molecule has 3 atom stereocenters. The first-order chi connectivity index (χ1) is 12.1. The molecule has 0 aromatic heterocycles. The Morgan fingerprint density at radius 1 is 1.16 bits per heavy atom. The van der Waals surface area contributed by atoms with E-state index in [1.807, 2.05) is 6.07 Å². The fourth-order valence-corrected chi connectivity index (χ4v) is 4.76. The second-order valence-electron chi connectivity index (χ2n) is 7.88. The number of nitrogens with two attached hydrogens (primary N) is 1. The lowest BCUT2D eigenvalue weighted by molar-refractivity contribution is 0.0466. The fourth-order valence-electron chi connectivity index (χ4n) is 4.76. The molecule has 1 aromatic rings. The molecule has 2 fully saturated rings. The Hall–Kier alpha value is -1.26. The summed E-state index contributed by atoms with van der Waals surface area (Å²) in [6, 6.07) is 7.32. The first-order valence-corrected chi connectivity index (χ1v) is 9.85. The van der Waals surface area contributed by atoms with Crippen molar-refractivity contribution < 1.29 is 9.47 Å². The van der Waals surface area contributed by atoms with Crippen LogP contribution in [0.2, 0.25) is 0 Å². The third-order valence-electron chi connectivity index (χ3n) is 6.15. The minimum absolute atomic E-state index is 0.299. The summed E-state index contributed by atoms with van der Waals surface area (Å²) >= 11 is 0. The van der Waals surface area contributed by atoms with Gasteiger partial charge in [0.2, 0.25) is 0 Å². The third-order valence-corrected chi connectivity index (χ3v) is 6.15. The van der Waals surface area contributed by atoms with Crippen LogP contribution in [0.5, 0.6) is 11.5 Å². The van der Waals surface area contributed by atoms with Crippen LogP contribution >= 0.6 is 0 Å². The number of rotatable bonds is 7. The molecule has 1 aromatic carbocycles. The molecule has 1 aliphatic carbocycles. The molecule has 1 aliphatic heterocycles. The van der Waals surface area contributed by atoms with E-state index in [1.54, 1.807) is 14.2 Å². The van der Waals surface area contributed by atoms with Crippen LogP contribution in [0.15, 0.2) is 18.2 Å². The second kappa shape index (κ2) is 8.41. The summed E-state index contributed by atoms with van der Waals surface area (Å²) in [5.74, 6) is 3.13. The number of benzene rings is 1. The average Bonchev–Trinajstić information content (AvgIpc) is 2.57. The number of piperidine rings is 1. The summed E-state index contributed by atoms with van der Waals surface area (Å²) in [6.07, 6.45) is 7.66. The van der Waals surface area contributed by atoms with E-state index in [4.69, 9.17) is 15.2 Å². The van der Waals surface area contributed by atoms with Crippen LogP contribution in [-0.2, 0) is 6.42 Å². The van der Waals surface area contributed by atoms with Crippen LogP contribution in [0, 0.1) is 11.8 Å². The molecule has 140 valence electrons. The Labute approximate surface area is 152 Å². The largest absolute Gasteiger partial charge is 0.493 e. The highest BCUT2D eigenvalue weighted by atomic mass is 16.5. The van der Waals surface area contributed by atoms with Gasteiger partial charge < -0.3 is 15.2 Å². The molecule has 0 bridgehead atoms. The van der Waals surface area contributed by atoms with Gasteiger partial charge in [-0.3, -0.25) is 4.90 Å². The van der Waals surface area contributed by atoms with E-state index in [2.05, 4.69) is 24.0 Å². The smallest absolute Gasteiger partial charge is 0.160 e. The number of ether oxygens (including phenoxy) is 2. The topological polar surface area (TPSA) is 47.7 Å². The van der Waals surface area contributed by atoms with E-state index in [-0.39, 0.29) is 0 Å². The molecule has 3 unspecified atom stereocenters. The molecular weight excluding hydrogens is 312 g/mol. The van der Waals surface area contributed by atoms with Gasteiger partial charge in [-0.05, 0) is 61.6 Å². The normalized spacial score (nSPS) is 26.1. The Balaban J connectivity index is 1.67. The standard InChI is InChI=1S/C21H34N2O2/c1-4-19(17-6-5-7-17)23-13-16(11-18(22)14-23)10-15-8-9-20(24-2)21(12-15)25-3/h8-9,12,16-19H,4-7,10-11,13-14,22H2,1-3H3. The molecule has 2 aliphatic rings. The lowest BCUT2D eigenvalue weighted by atomic mass is 9.76. The summed E-state index contributed by atoms with van der Waals surface area (Å²) in [4.78, 5) is 2.70. The Kier molecular flexibility index (Phi) is 6.24. The van der Waals surface area contributed by atoms with Crippen LogP contribution in [0.1, 0.15) is 44.6 Å². The van der Waals surface area contributed by atoms with Gasteiger partial charge in [0.1, 0.15) is 0 Å². The molecule has 4 nitrogen and oxygen atoms in total. The number of methoxy groups -OCH3 is 2. The van der Waals surface area contributed by atoms with Gasteiger partial charge in [0.25, 0.3) is 0 Å². The molecular formula is C21H34N2O2. The lowest BCUT2D eigenvalue weighted by Crippen LogP contribution is -2.54. The van der Waals surface area contributed by atoms with Gasteiger partial charge in [-0.25, -0.2) is 0 Å². The highest BCUT2D eigenvalue weighted by molar-refractivity contribution is 5.43. The molecule has 1 saturated carbocycles. The van der Waals surface area contributed by atoms with Gasteiger partial charge in [0.05, 0.1) is 14.2 Å². The predicted molar refractivity (Wildman–Crippen MR) is 102 cm³/mol. The molecule has 25 heavy (non-hydrogen) atoms. The zero-order valence-electron chi connectivity index (χ0n) is 16.0. The second-order valence-corrected chi connectivity index (χ2v) is 7.88. The van der Waals surface area contributed by atoms with Crippen molar-refractivity contribution in [3.63, 3.8) is 0 Å². The molecule has 0 amide bonds. The number of hydrogen-bond donors (Lipinski definition) is 1. The number of hydrogen-bond acceptors (Lipinski definition) is 4. The van der Waals surface area contributed by atoms with Crippen molar-refractivity contribution in [2.24, 2.45) is 17.6 Å². The van der Waals surface area contributed by atoms with Crippen molar-refractivity contribution in [3.8, 4) is 11.5 Å². The van der Waals surface area contributed by atoms with Gasteiger partial charge in [-0.15, -0.1) is 0 Å². The first kappa shape index (κ1) is 18.5. The SMILES string of the molecule is CCC(C1CCC1)N1CC(N)CC(Cc2ccc(OC)c(OC)c2)C1. The summed E-state index contributed by atoms with van der Waals surface area (Å²) in [5.41, 5.74) is 7.75. The van der Waals surface area contributed by atoms with Crippen molar-refractivity contribution in [2.75, 3.05) is 27.3 Å². The van der Waals surface area contributed by atoms with E-state index in [9.17, 15) is 0 Å². The maximum atomic E-state index is 6.44. The molecule has 1 saturated heterocycles. The number of likely N-dealkylation sites (tertiary alicyclic amines) is 1. The van der Waals surface area contributed by atoms with Crippen LogP contribution in [-0.4, -0.2) is 44.3 Å². The summed E-state index contributed by atoms with van der Waals surface area (Å²) in [5, 5.41) is 0. The van der Waals surface area contributed by atoms with Crippen LogP contribution in [0.25, 0.3) is 0 Å². The van der Waals surface area contributed by atoms with Crippen molar-refractivity contribution in [1.82, 2.24) is 4.90 Å². The molecule has 0 spiro atoms. The Morgan fingerprint density at radius 3 is 2.52 bits per heavy atom. The van der Waals surface area contributed by atoms with Crippen LogP contribution in [0.3, 0.4) is 0 Å². The highest BCUT2D eigenvalue weighted by Gasteiger charge is 2.35. The third kappa shape index (κ3) is 4.29. The minimum Gasteiger partial charge on any atom is -0.493 e. The van der Waals surface area contributed by atoms with E-state index >= 15 is 0 Å². The molecule has 4 heteroatoms. The molecule has 0 radical (unpaired) electrons. The van der Waals surface area contributed by atoms with Gasteiger partial charge in [-0.1, -0.05) is 19.4 Å². The lowest BCUT2D eigenvalue weighted by Gasteiger charge is -2.46. The van der Waals surface area contributed by atoms with Crippen molar-refractivity contribution in [3.05, 3.63) is 23.8 Å². The van der Waals surface area contributed by atoms with Gasteiger partial charge >= 0.3 is 0 Å². The van der Waals surface area contributed by atoms with Gasteiger partial charge in [0.15, 0.2) is 11.5 Å². The summed E-state index contributed by atoms with van der Waals surface area (Å²) in [6.45, 7) is 4.58. The van der Waals surface area contributed by atoms with Crippen molar-refractivity contribution in [2.45, 2.75) is 57.5 Å². The molecule has 3 rings (SSSR count). The monoisotopic (exact) mass is 346 g/mol. The molecule has 1 heterocycles. The Morgan fingerprint density at radius 2 is 1.92 bits per heavy atom. The zero-order chi connectivity index (χ0) is 17.8. The maximum Gasteiger partial charge on any atom is 0.160 e. The van der Waals surface area contributed by atoms with Crippen LogP contribution < -0.4 is 15.2 Å². The fraction of sp³-hybridized carbons (Fsp3) is 0.714. The van der Waals surface area contributed by atoms with Crippen molar-refractivity contribution >= 4 is 0 Å². The van der Waals surface area contributed by atoms with Crippen LogP contribution in [0.4, 0.5) is 0 Å². The molecule has 2 N–H and O–H groups in total. The van der Waals surface area contributed by atoms with Crippen molar-refractivity contribution in [1.29, 1.82) is 0 Å². The quantitative estimate of drug-likeness (QED) is 0.821. The zero-order valence-corrected chi connectivity index (χ0v) is 16.0. The number of nitrogens with zero attached hydrogens (tertiary/aromatic N) is 1. The highest BCUT2D eigenvalue weighted by Crippen LogP contribution is 2.36. The Bertz CT molecular complexity index is 559. The summed E-state index contributed by atoms with van der Waals surface area (Å²) in [7, 11) is 3.38. The average molecular weight is 347 g/mol.